The van der Waals surface area contributed by atoms with E-state index in [0.29, 0.717) is 17.1 Å². The third-order valence-electron chi connectivity index (χ3n) is 2.93. The van der Waals surface area contributed by atoms with Gasteiger partial charge in [-0.15, -0.1) is 0 Å². The van der Waals surface area contributed by atoms with Gasteiger partial charge < -0.3 is 15.2 Å². The Morgan fingerprint density at radius 2 is 2.00 bits per heavy atom. The van der Waals surface area contributed by atoms with Crippen LogP contribution in [0.25, 0.3) is 0 Å². The summed E-state index contributed by atoms with van der Waals surface area (Å²) >= 11 is 0. The Bertz CT molecular complexity index is 540. The van der Waals surface area contributed by atoms with Crippen LogP contribution in [0.4, 0.5) is 0 Å². The summed E-state index contributed by atoms with van der Waals surface area (Å²) < 4.78 is 33.5. The van der Waals surface area contributed by atoms with E-state index in [4.69, 9.17) is 15.2 Å². The van der Waals surface area contributed by atoms with Crippen LogP contribution >= 0.6 is 0 Å². The molecule has 0 bridgehead atoms. The Morgan fingerprint density at radius 3 is 2.69 bits per heavy atom. The summed E-state index contributed by atoms with van der Waals surface area (Å²) in [5, 5.41) is -0.595. The molecule has 0 amide bonds. The number of rotatable bonds is 1. The van der Waals surface area contributed by atoms with Gasteiger partial charge in [0.25, 0.3) is 0 Å². The van der Waals surface area contributed by atoms with Crippen LogP contribution in [-0.2, 0) is 9.84 Å². The summed E-state index contributed by atoms with van der Waals surface area (Å²) in [6.45, 7) is 0.183. The summed E-state index contributed by atoms with van der Waals surface area (Å²) in [6, 6.07) is 4.83. The van der Waals surface area contributed by atoms with E-state index in [1.54, 1.807) is 18.2 Å². The molecule has 6 heteroatoms. The van der Waals surface area contributed by atoms with Crippen molar-refractivity contribution in [3.8, 4) is 11.5 Å². The van der Waals surface area contributed by atoms with Gasteiger partial charge in [-0.3, -0.25) is 0 Å². The average molecular weight is 241 g/mol. The predicted octanol–water partition coefficient (Wildman–Crippen LogP) is 0.212. The smallest absolute Gasteiger partial charge is 0.231 e. The molecule has 2 unspecified atom stereocenters. The molecule has 1 saturated heterocycles. The normalized spacial score (nSPS) is 29.8. The van der Waals surface area contributed by atoms with Gasteiger partial charge in [-0.05, 0) is 17.7 Å². The molecular formula is C10H11NO4S. The second-order valence-corrected chi connectivity index (χ2v) is 6.19. The molecule has 1 fully saturated rings. The molecule has 1 aromatic carbocycles. The number of ether oxygens (including phenoxy) is 2. The van der Waals surface area contributed by atoms with Crippen LogP contribution < -0.4 is 15.2 Å². The van der Waals surface area contributed by atoms with Crippen molar-refractivity contribution in [3.63, 3.8) is 0 Å². The monoisotopic (exact) mass is 241 g/mol. The highest BCUT2D eigenvalue weighted by Gasteiger charge is 2.45. The number of nitrogens with two attached hydrogens (primary N) is 1. The number of benzene rings is 1. The summed E-state index contributed by atoms with van der Waals surface area (Å²) in [5.41, 5.74) is 6.41. The van der Waals surface area contributed by atoms with Crippen molar-refractivity contribution in [1.82, 2.24) is 0 Å². The van der Waals surface area contributed by atoms with Gasteiger partial charge in [0.15, 0.2) is 21.3 Å². The first-order chi connectivity index (χ1) is 7.58. The third kappa shape index (κ3) is 1.30. The van der Waals surface area contributed by atoms with Crippen LogP contribution in [0.1, 0.15) is 10.8 Å². The molecule has 0 spiro atoms. The molecule has 2 atom stereocenters. The fourth-order valence-electron chi connectivity index (χ4n) is 2.15. The zero-order valence-electron chi connectivity index (χ0n) is 8.42. The molecule has 1 aromatic rings. The number of fused-ring (bicyclic) bond motifs is 1. The largest absolute Gasteiger partial charge is 0.454 e. The lowest BCUT2D eigenvalue weighted by atomic mass is 10.1. The third-order valence-corrected chi connectivity index (χ3v) is 5.17. The summed E-state index contributed by atoms with van der Waals surface area (Å²) in [5.74, 6) is 1.30. The SMILES string of the molecule is NC1CS(=O)(=O)C1c1ccc2c(c1)OCO2. The lowest BCUT2D eigenvalue weighted by molar-refractivity contribution is 0.174. The molecule has 5 nitrogen and oxygen atoms in total. The van der Waals surface area contributed by atoms with Crippen LogP contribution in [0.15, 0.2) is 18.2 Å². The van der Waals surface area contributed by atoms with Gasteiger partial charge in [0.05, 0.1) is 5.75 Å². The molecule has 2 aliphatic heterocycles. The van der Waals surface area contributed by atoms with E-state index in [-0.39, 0.29) is 18.6 Å². The molecule has 0 radical (unpaired) electrons. The van der Waals surface area contributed by atoms with Gasteiger partial charge >= 0.3 is 0 Å². The first kappa shape index (κ1) is 9.92. The fourth-order valence-corrected chi connectivity index (χ4v) is 3.92. The topological polar surface area (TPSA) is 78.6 Å². The molecule has 2 aliphatic rings. The minimum absolute atomic E-state index is 0.0616. The highest BCUT2D eigenvalue weighted by atomic mass is 32.2. The number of hydrogen-bond acceptors (Lipinski definition) is 5. The van der Waals surface area contributed by atoms with Gasteiger partial charge in [0, 0.05) is 6.04 Å². The van der Waals surface area contributed by atoms with Crippen LogP contribution in [0.2, 0.25) is 0 Å². The van der Waals surface area contributed by atoms with Gasteiger partial charge in [-0.25, -0.2) is 8.42 Å². The molecule has 2 heterocycles. The predicted molar refractivity (Wildman–Crippen MR) is 57.1 cm³/mol. The molecule has 2 N–H and O–H groups in total. The van der Waals surface area contributed by atoms with Crippen molar-refractivity contribution in [2.45, 2.75) is 11.3 Å². The van der Waals surface area contributed by atoms with Crippen molar-refractivity contribution in [1.29, 1.82) is 0 Å². The Labute approximate surface area is 93.1 Å². The molecule has 86 valence electrons. The van der Waals surface area contributed by atoms with Crippen LogP contribution in [0.3, 0.4) is 0 Å². The summed E-state index contributed by atoms with van der Waals surface area (Å²) in [7, 11) is -3.06. The average Bonchev–Trinajstić information content (AvgIpc) is 2.62. The molecule has 3 rings (SSSR count). The second-order valence-electron chi connectivity index (χ2n) is 4.03. The van der Waals surface area contributed by atoms with Crippen molar-refractivity contribution in [3.05, 3.63) is 23.8 Å². The lowest BCUT2D eigenvalue weighted by Gasteiger charge is -2.33. The van der Waals surface area contributed by atoms with Crippen LogP contribution in [-0.4, -0.2) is 27.0 Å². The van der Waals surface area contributed by atoms with Gasteiger partial charge in [0.2, 0.25) is 6.79 Å². The lowest BCUT2D eigenvalue weighted by Crippen LogP contribution is -2.50. The molecule has 16 heavy (non-hydrogen) atoms. The molecular weight excluding hydrogens is 230 g/mol. The van der Waals surface area contributed by atoms with Crippen molar-refractivity contribution in [2.24, 2.45) is 5.73 Å². The Balaban J connectivity index is 2.02. The zero-order valence-corrected chi connectivity index (χ0v) is 9.24. The molecule has 0 aliphatic carbocycles. The minimum atomic E-state index is -3.06. The maximum atomic E-state index is 11.6. The van der Waals surface area contributed by atoms with Gasteiger partial charge in [-0.1, -0.05) is 6.07 Å². The quantitative estimate of drug-likeness (QED) is 0.760. The van der Waals surface area contributed by atoms with Gasteiger partial charge in [-0.2, -0.15) is 0 Å². The Kier molecular flexibility index (Phi) is 1.93. The van der Waals surface area contributed by atoms with Crippen molar-refractivity contribution >= 4 is 9.84 Å². The zero-order chi connectivity index (χ0) is 11.3. The second kappa shape index (κ2) is 3.11. The highest BCUT2D eigenvalue weighted by Crippen LogP contribution is 2.40. The molecule has 0 saturated carbocycles. The van der Waals surface area contributed by atoms with Crippen molar-refractivity contribution in [2.75, 3.05) is 12.5 Å². The first-order valence-electron chi connectivity index (χ1n) is 4.94. The van der Waals surface area contributed by atoms with E-state index in [9.17, 15) is 8.42 Å². The van der Waals surface area contributed by atoms with E-state index in [1.807, 2.05) is 0 Å². The number of hydrogen-bond donors (Lipinski definition) is 1. The van der Waals surface area contributed by atoms with E-state index in [1.165, 1.54) is 0 Å². The Morgan fingerprint density at radius 1 is 1.25 bits per heavy atom. The standard InChI is InChI=1S/C10H11NO4S/c11-7-4-16(12,13)10(7)6-1-2-8-9(3-6)15-5-14-8/h1-3,7,10H,4-5,11H2. The van der Waals surface area contributed by atoms with Crippen molar-refractivity contribution < 1.29 is 17.9 Å². The van der Waals surface area contributed by atoms with Crippen LogP contribution in [0, 0.1) is 0 Å². The van der Waals surface area contributed by atoms with Crippen LogP contribution in [0.5, 0.6) is 11.5 Å². The van der Waals surface area contributed by atoms with E-state index in [2.05, 4.69) is 0 Å². The summed E-state index contributed by atoms with van der Waals surface area (Å²) in [6.07, 6.45) is 0. The Hall–Kier alpha value is -1.27. The fraction of sp³-hybridized carbons (Fsp3) is 0.400. The van der Waals surface area contributed by atoms with E-state index >= 15 is 0 Å². The van der Waals surface area contributed by atoms with Gasteiger partial charge in [0.1, 0.15) is 5.25 Å². The first-order valence-corrected chi connectivity index (χ1v) is 6.66. The summed E-state index contributed by atoms with van der Waals surface area (Å²) in [4.78, 5) is 0. The van der Waals surface area contributed by atoms with E-state index in [0.717, 1.165) is 0 Å². The maximum absolute atomic E-state index is 11.6. The maximum Gasteiger partial charge on any atom is 0.231 e. The van der Waals surface area contributed by atoms with E-state index < -0.39 is 15.1 Å². The number of sulfone groups is 1. The highest BCUT2D eigenvalue weighted by molar-refractivity contribution is 7.93. The minimum Gasteiger partial charge on any atom is -0.454 e. The molecule has 0 aromatic heterocycles.